The summed E-state index contributed by atoms with van der Waals surface area (Å²) in [4.78, 5) is 25.8. The number of rotatable bonds is 4. The molecule has 19 heavy (non-hydrogen) atoms. The number of hydrogen-bond acceptors (Lipinski definition) is 2. The molecule has 4 heteroatoms. The smallest absolute Gasteiger partial charge is 0.243 e. The van der Waals surface area contributed by atoms with Crippen molar-refractivity contribution in [2.75, 3.05) is 11.4 Å². The number of carbonyl (C=O) groups excluding carboxylic acids is 2. The van der Waals surface area contributed by atoms with E-state index >= 15 is 0 Å². The number of carbonyl (C=O) groups is 2. The van der Waals surface area contributed by atoms with Gasteiger partial charge in [-0.1, -0.05) is 32.0 Å². The van der Waals surface area contributed by atoms with Gasteiger partial charge in [-0.2, -0.15) is 0 Å². The van der Waals surface area contributed by atoms with E-state index in [1.54, 1.807) is 4.90 Å². The lowest BCUT2D eigenvalue weighted by Crippen LogP contribution is -2.45. The topological polar surface area (TPSA) is 49.4 Å². The van der Waals surface area contributed by atoms with Crippen LogP contribution in [0.3, 0.4) is 0 Å². The molecule has 0 aromatic heterocycles. The van der Waals surface area contributed by atoms with Gasteiger partial charge in [0.2, 0.25) is 11.8 Å². The van der Waals surface area contributed by atoms with E-state index in [-0.39, 0.29) is 17.9 Å². The molecule has 1 saturated heterocycles. The van der Waals surface area contributed by atoms with E-state index in [4.69, 9.17) is 0 Å². The van der Waals surface area contributed by atoms with Gasteiger partial charge in [0.1, 0.15) is 6.04 Å². The highest BCUT2D eigenvalue weighted by atomic mass is 16.2. The van der Waals surface area contributed by atoms with Gasteiger partial charge >= 0.3 is 0 Å². The van der Waals surface area contributed by atoms with Crippen LogP contribution in [0.2, 0.25) is 0 Å². The van der Waals surface area contributed by atoms with Gasteiger partial charge in [0, 0.05) is 18.7 Å². The molecule has 1 aromatic rings. The zero-order valence-electron chi connectivity index (χ0n) is 11.4. The SMILES string of the molecule is CC(C)CNC(=O)C1CCC(=O)N1c1ccccc1. The van der Waals surface area contributed by atoms with E-state index in [1.165, 1.54) is 0 Å². The van der Waals surface area contributed by atoms with Gasteiger partial charge in [-0.25, -0.2) is 0 Å². The van der Waals surface area contributed by atoms with Crippen molar-refractivity contribution in [1.29, 1.82) is 0 Å². The van der Waals surface area contributed by atoms with Gasteiger partial charge in [-0.3, -0.25) is 14.5 Å². The van der Waals surface area contributed by atoms with Crippen LogP contribution in [0.4, 0.5) is 5.69 Å². The molecule has 1 aliphatic rings. The zero-order chi connectivity index (χ0) is 13.8. The number of hydrogen-bond donors (Lipinski definition) is 1. The van der Waals surface area contributed by atoms with Crippen LogP contribution in [-0.4, -0.2) is 24.4 Å². The molecule has 102 valence electrons. The Morgan fingerprint density at radius 3 is 2.68 bits per heavy atom. The summed E-state index contributed by atoms with van der Waals surface area (Å²) in [7, 11) is 0. The summed E-state index contributed by atoms with van der Waals surface area (Å²) in [6.45, 7) is 4.75. The van der Waals surface area contributed by atoms with Crippen LogP contribution in [0.15, 0.2) is 30.3 Å². The normalized spacial score (nSPS) is 19.0. The molecule has 0 bridgehead atoms. The predicted octanol–water partition coefficient (Wildman–Crippen LogP) is 1.95. The molecule has 1 N–H and O–H groups in total. The predicted molar refractivity (Wildman–Crippen MR) is 74.8 cm³/mol. The summed E-state index contributed by atoms with van der Waals surface area (Å²) >= 11 is 0. The van der Waals surface area contributed by atoms with Crippen LogP contribution < -0.4 is 10.2 Å². The van der Waals surface area contributed by atoms with Gasteiger partial charge in [-0.05, 0) is 24.5 Å². The molecule has 1 aliphatic heterocycles. The van der Waals surface area contributed by atoms with Crippen molar-refractivity contribution in [2.45, 2.75) is 32.7 Å². The number of amides is 2. The molecule has 0 radical (unpaired) electrons. The third-order valence-corrected chi connectivity index (χ3v) is 3.23. The van der Waals surface area contributed by atoms with Gasteiger partial charge in [-0.15, -0.1) is 0 Å². The minimum absolute atomic E-state index is 0.0240. The van der Waals surface area contributed by atoms with E-state index in [1.807, 2.05) is 30.3 Å². The number of para-hydroxylation sites is 1. The lowest BCUT2D eigenvalue weighted by atomic mass is 10.1. The van der Waals surface area contributed by atoms with E-state index in [0.717, 1.165) is 5.69 Å². The highest BCUT2D eigenvalue weighted by molar-refractivity contribution is 6.03. The molecule has 1 unspecified atom stereocenters. The Kier molecular flexibility index (Phi) is 4.20. The molecule has 4 nitrogen and oxygen atoms in total. The van der Waals surface area contributed by atoms with Crippen molar-refractivity contribution < 1.29 is 9.59 Å². The van der Waals surface area contributed by atoms with Crippen LogP contribution >= 0.6 is 0 Å². The summed E-state index contributed by atoms with van der Waals surface area (Å²) in [5.41, 5.74) is 0.801. The zero-order valence-corrected chi connectivity index (χ0v) is 11.4. The molecule has 0 spiro atoms. The standard InChI is InChI=1S/C15H20N2O2/c1-11(2)10-16-15(19)13-8-9-14(18)17(13)12-6-4-3-5-7-12/h3-7,11,13H,8-10H2,1-2H3,(H,16,19). The lowest BCUT2D eigenvalue weighted by molar-refractivity contribution is -0.124. The van der Waals surface area contributed by atoms with Gasteiger partial charge in [0.05, 0.1) is 0 Å². The van der Waals surface area contributed by atoms with Crippen molar-refractivity contribution in [3.05, 3.63) is 30.3 Å². The summed E-state index contributed by atoms with van der Waals surface area (Å²) < 4.78 is 0. The van der Waals surface area contributed by atoms with Crippen molar-refractivity contribution in [3.8, 4) is 0 Å². The van der Waals surface area contributed by atoms with E-state index < -0.39 is 0 Å². The van der Waals surface area contributed by atoms with Crippen LogP contribution in [0.1, 0.15) is 26.7 Å². The first-order valence-electron chi connectivity index (χ1n) is 6.74. The molecule has 1 fully saturated rings. The maximum Gasteiger partial charge on any atom is 0.243 e. The fourth-order valence-electron chi connectivity index (χ4n) is 2.27. The summed E-state index contributed by atoms with van der Waals surface area (Å²) in [6.07, 6.45) is 1.03. The first kappa shape index (κ1) is 13.6. The van der Waals surface area contributed by atoms with Crippen LogP contribution in [0, 0.1) is 5.92 Å². The Balaban J connectivity index is 2.12. The van der Waals surface area contributed by atoms with E-state index in [2.05, 4.69) is 19.2 Å². The van der Waals surface area contributed by atoms with Crippen molar-refractivity contribution in [3.63, 3.8) is 0 Å². The lowest BCUT2D eigenvalue weighted by Gasteiger charge is -2.24. The Morgan fingerprint density at radius 1 is 1.37 bits per heavy atom. The molecule has 2 amide bonds. The second kappa shape index (κ2) is 5.87. The fraction of sp³-hybridized carbons (Fsp3) is 0.467. The maximum atomic E-state index is 12.2. The fourth-order valence-corrected chi connectivity index (χ4v) is 2.27. The summed E-state index contributed by atoms with van der Waals surface area (Å²) in [5.74, 6) is 0.380. The highest BCUT2D eigenvalue weighted by Crippen LogP contribution is 2.26. The van der Waals surface area contributed by atoms with Crippen LogP contribution in [-0.2, 0) is 9.59 Å². The minimum Gasteiger partial charge on any atom is -0.354 e. The Bertz CT molecular complexity index is 456. The summed E-state index contributed by atoms with van der Waals surface area (Å²) in [6, 6.07) is 9.03. The second-order valence-corrected chi connectivity index (χ2v) is 5.29. The van der Waals surface area contributed by atoms with E-state index in [0.29, 0.717) is 25.3 Å². The molecule has 1 atom stereocenters. The Morgan fingerprint density at radius 2 is 2.05 bits per heavy atom. The third-order valence-electron chi connectivity index (χ3n) is 3.23. The van der Waals surface area contributed by atoms with Gasteiger partial charge in [0.25, 0.3) is 0 Å². The minimum atomic E-state index is -0.367. The van der Waals surface area contributed by atoms with Gasteiger partial charge < -0.3 is 5.32 Å². The molecular weight excluding hydrogens is 240 g/mol. The number of benzene rings is 1. The molecule has 2 rings (SSSR count). The first-order valence-corrected chi connectivity index (χ1v) is 6.74. The second-order valence-electron chi connectivity index (χ2n) is 5.29. The average Bonchev–Trinajstić information content (AvgIpc) is 2.79. The van der Waals surface area contributed by atoms with Gasteiger partial charge in [0.15, 0.2) is 0 Å². The van der Waals surface area contributed by atoms with Crippen LogP contribution in [0.25, 0.3) is 0 Å². The number of nitrogens with zero attached hydrogens (tertiary/aromatic N) is 1. The largest absolute Gasteiger partial charge is 0.354 e. The first-order chi connectivity index (χ1) is 9.09. The maximum absolute atomic E-state index is 12.2. The molecule has 0 saturated carbocycles. The van der Waals surface area contributed by atoms with E-state index in [9.17, 15) is 9.59 Å². The molecule has 0 aliphatic carbocycles. The summed E-state index contributed by atoms with van der Waals surface area (Å²) in [5, 5.41) is 2.91. The highest BCUT2D eigenvalue weighted by Gasteiger charge is 2.36. The van der Waals surface area contributed by atoms with Crippen molar-refractivity contribution >= 4 is 17.5 Å². The number of nitrogens with one attached hydrogen (secondary N) is 1. The third kappa shape index (κ3) is 3.13. The molecule has 1 heterocycles. The molecular formula is C15H20N2O2. The Hall–Kier alpha value is -1.84. The quantitative estimate of drug-likeness (QED) is 0.899. The van der Waals surface area contributed by atoms with Crippen LogP contribution in [0.5, 0.6) is 0 Å². The Labute approximate surface area is 113 Å². The van der Waals surface area contributed by atoms with Crippen molar-refractivity contribution in [2.24, 2.45) is 5.92 Å². The van der Waals surface area contributed by atoms with Crippen molar-refractivity contribution in [1.82, 2.24) is 5.32 Å². The number of anilines is 1. The monoisotopic (exact) mass is 260 g/mol. The molecule has 1 aromatic carbocycles. The average molecular weight is 260 g/mol.